The highest BCUT2D eigenvalue weighted by atomic mass is 19.1. The molecule has 3 aromatic rings. The Bertz CT molecular complexity index is 1080. The van der Waals surface area contributed by atoms with Gasteiger partial charge in [-0.2, -0.15) is 0 Å². The Morgan fingerprint density at radius 2 is 1.67 bits per heavy atom. The number of benzene rings is 2. The van der Waals surface area contributed by atoms with Crippen LogP contribution in [-0.2, 0) is 27.4 Å². The zero-order chi connectivity index (χ0) is 25.8. The summed E-state index contributed by atoms with van der Waals surface area (Å²) < 4.78 is 30.1. The first kappa shape index (κ1) is 26.9. The largest absolute Gasteiger partial charge is 0.484 e. The molecular formula is C28H33FN2O5. The molecule has 7 nitrogen and oxygen atoms in total. The Morgan fingerprint density at radius 3 is 2.33 bits per heavy atom. The normalized spacial score (nSPS) is 10.8. The van der Waals surface area contributed by atoms with Gasteiger partial charge in [-0.25, -0.2) is 4.39 Å². The van der Waals surface area contributed by atoms with E-state index in [1.807, 2.05) is 44.2 Å². The van der Waals surface area contributed by atoms with Gasteiger partial charge >= 0.3 is 0 Å². The second kappa shape index (κ2) is 14.0. The molecule has 0 aliphatic heterocycles. The Balaban J connectivity index is 1.71. The van der Waals surface area contributed by atoms with Crippen molar-refractivity contribution in [1.82, 2.24) is 9.80 Å². The van der Waals surface area contributed by atoms with E-state index in [1.165, 1.54) is 17.0 Å². The lowest BCUT2D eigenvalue weighted by atomic mass is 10.2. The average Bonchev–Trinajstić information content (AvgIpc) is 3.30. The van der Waals surface area contributed by atoms with Crippen LogP contribution in [0.25, 0.3) is 0 Å². The first-order valence-electron chi connectivity index (χ1n) is 12.1. The number of ether oxygens (including phenoxy) is 2. The van der Waals surface area contributed by atoms with Crippen LogP contribution in [0.15, 0.2) is 71.1 Å². The van der Waals surface area contributed by atoms with Crippen LogP contribution in [0.1, 0.15) is 30.4 Å². The van der Waals surface area contributed by atoms with Crippen LogP contribution in [0, 0.1) is 12.7 Å². The molecule has 2 amide bonds. The topological polar surface area (TPSA) is 72.2 Å². The van der Waals surface area contributed by atoms with Gasteiger partial charge in [0, 0.05) is 26.3 Å². The van der Waals surface area contributed by atoms with Crippen molar-refractivity contribution in [3.05, 3.63) is 89.6 Å². The predicted molar refractivity (Wildman–Crippen MR) is 134 cm³/mol. The summed E-state index contributed by atoms with van der Waals surface area (Å²) in [4.78, 5) is 29.6. The number of carbonyl (C=O) groups is 2. The highest BCUT2D eigenvalue weighted by Crippen LogP contribution is 2.15. The van der Waals surface area contributed by atoms with Crippen molar-refractivity contribution < 1.29 is 27.9 Å². The van der Waals surface area contributed by atoms with Gasteiger partial charge in [0.05, 0.1) is 13.1 Å². The van der Waals surface area contributed by atoms with E-state index in [2.05, 4.69) is 0 Å². The number of halogens is 1. The fraction of sp³-hybridized carbons (Fsp3) is 0.357. The number of para-hydroxylation sites is 1. The summed E-state index contributed by atoms with van der Waals surface area (Å²) in [5.74, 6) is 1.06. The summed E-state index contributed by atoms with van der Waals surface area (Å²) >= 11 is 0. The Kier molecular flexibility index (Phi) is 10.5. The number of hydrogen-bond donors (Lipinski definition) is 0. The molecule has 0 saturated carbocycles. The van der Waals surface area contributed by atoms with Gasteiger partial charge in [0.25, 0.3) is 5.91 Å². The number of nitrogens with zero attached hydrogens (tertiary/aromatic N) is 2. The van der Waals surface area contributed by atoms with Gasteiger partial charge < -0.3 is 23.7 Å². The minimum absolute atomic E-state index is 0.121. The van der Waals surface area contributed by atoms with Crippen LogP contribution >= 0.6 is 0 Å². The summed E-state index contributed by atoms with van der Waals surface area (Å²) in [6, 6.07) is 18.7. The maximum absolute atomic E-state index is 13.4. The predicted octanol–water partition coefficient (Wildman–Crippen LogP) is 4.59. The van der Waals surface area contributed by atoms with Crippen molar-refractivity contribution in [1.29, 1.82) is 0 Å². The number of aryl methyl sites for hydroxylation is 1. The number of amides is 2. The molecule has 0 bridgehead atoms. The number of furan rings is 1. The van der Waals surface area contributed by atoms with Crippen LogP contribution in [0.5, 0.6) is 5.75 Å². The maximum atomic E-state index is 13.4. The van der Waals surface area contributed by atoms with Crippen molar-refractivity contribution in [2.75, 3.05) is 32.9 Å². The molecule has 0 fully saturated rings. The summed E-state index contributed by atoms with van der Waals surface area (Å²) in [5.41, 5.74) is 0.773. The molecule has 0 saturated heterocycles. The molecule has 0 spiro atoms. The van der Waals surface area contributed by atoms with Crippen molar-refractivity contribution in [2.24, 2.45) is 0 Å². The Labute approximate surface area is 211 Å². The lowest BCUT2D eigenvalue weighted by Crippen LogP contribution is -2.44. The molecule has 0 radical (unpaired) electrons. The molecule has 3 rings (SSSR count). The molecule has 0 unspecified atom stereocenters. The highest BCUT2D eigenvalue weighted by molar-refractivity contribution is 5.85. The van der Waals surface area contributed by atoms with Crippen LogP contribution in [0.3, 0.4) is 0 Å². The molecule has 8 heteroatoms. The van der Waals surface area contributed by atoms with E-state index in [1.54, 1.807) is 29.2 Å². The van der Waals surface area contributed by atoms with E-state index >= 15 is 0 Å². The van der Waals surface area contributed by atoms with Gasteiger partial charge in [0.15, 0.2) is 6.61 Å². The van der Waals surface area contributed by atoms with Crippen molar-refractivity contribution in [2.45, 2.75) is 33.4 Å². The molecule has 1 heterocycles. The van der Waals surface area contributed by atoms with Gasteiger partial charge in [0.1, 0.15) is 23.1 Å². The zero-order valence-electron chi connectivity index (χ0n) is 20.8. The first-order chi connectivity index (χ1) is 17.4. The molecule has 36 heavy (non-hydrogen) atoms. The van der Waals surface area contributed by atoms with E-state index in [0.29, 0.717) is 37.7 Å². The molecule has 0 N–H and O–H groups in total. The minimum Gasteiger partial charge on any atom is -0.484 e. The van der Waals surface area contributed by atoms with Crippen molar-refractivity contribution in [3.63, 3.8) is 0 Å². The van der Waals surface area contributed by atoms with E-state index in [-0.39, 0.29) is 43.9 Å². The average molecular weight is 497 g/mol. The molecule has 192 valence electrons. The molecule has 1 aromatic heterocycles. The van der Waals surface area contributed by atoms with Gasteiger partial charge in [-0.15, -0.1) is 0 Å². The Morgan fingerprint density at radius 1 is 0.917 bits per heavy atom. The first-order valence-corrected chi connectivity index (χ1v) is 12.1. The van der Waals surface area contributed by atoms with Gasteiger partial charge in [-0.05, 0) is 62.2 Å². The summed E-state index contributed by atoms with van der Waals surface area (Å²) in [7, 11) is 0. The fourth-order valence-electron chi connectivity index (χ4n) is 3.61. The third kappa shape index (κ3) is 8.85. The molecule has 2 aromatic carbocycles. The quantitative estimate of drug-likeness (QED) is 0.305. The molecule has 0 atom stereocenters. The summed E-state index contributed by atoms with van der Waals surface area (Å²) in [6.45, 7) is 5.34. The lowest BCUT2D eigenvalue weighted by Gasteiger charge is -2.27. The minimum atomic E-state index is -0.345. The van der Waals surface area contributed by atoms with Crippen molar-refractivity contribution >= 4 is 11.8 Å². The summed E-state index contributed by atoms with van der Waals surface area (Å²) in [6.07, 6.45) is 0.591. The van der Waals surface area contributed by atoms with Crippen molar-refractivity contribution in [3.8, 4) is 5.75 Å². The van der Waals surface area contributed by atoms with E-state index in [0.717, 1.165) is 11.3 Å². The monoisotopic (exact) mass is 496 g/mol. The lowest BCUT2D eigenvalue weighted by molar-refractivity contribution is -0.142. The summed E-state index contributed by atoms with van der Waals surface area (Å²) in [5, 5.41) is 0. The third-order valence-corrected chi connectivity index (χ3v) is 5.49. The standard InChI is InChI=1S/C28H33FN2O5/c1-3-34-17-7-16-30(28(33)21-35-25-8-5-4-6-9-25)20-27(32)31(19-26-15-10-22(2)36-26)18-23-11-13-24(29)14-12-23/h4-6,8-15H,3,7,16-21H2,1-2H3. The van der Waals surface area contributed by atoms with Crippen LogP contribution in [0.2, 0.25) is 0 Å². The number of hydrogen-bond acceptors (Lipinski definition) is 5. The second-order valence-electron chi connectivity index (χ2n) is 8.36. The fourth-order valence-corrected chi connectivity index (χ4v) is 3.61. The highest BCUT2D eigenvalue weighted by Gasteiger charge is 2.23. The van der Waals surface area contributed by atoms with E-state index in [4.69, 9.17) is 13.9 Å². The maximum Gasteiger partial charge on any atom is 0.260 e. The van der Waals surface area contributed by atoms with Gasteiger partial charge in [-0.3, -0.25) is 9.59 Å². The van der Waals surface area contributed by atoms with Gasteiger partial charge in [0.2, 0.25) is 5.91 Å². The van der Waals surface area contributed by atoms with Crippen LogP contribution in [-0.4, -0.2) is 54.5 Å². The van der Waals surface area contributed by atoms with E-state index < -0.39 is 0 Å². The van der Waals surface area contributed by atoms with Gasteiger partial charge in [-0.1, -0.05) is 30.3 Å². The smallest absolute Gasteiger partial charge is 0.260 e. The zero-order valence-corrected chi connectivity index (χ0v) is 20.8. The van der Waals surface area contributed by atoms with Crippen LogP contribution in [0.4, 0.5) is 4.39 Å². The molecule has 0 aliphatic carbocycles. The molecule has 0 aliphatic rings. The Hall–Kier alpha value is -3.65. The molecular weight excluding hydrogens is 463 g/mol. The second-order valence-corrected chi connectivity index (χ2v) is 8.36. The number of rotatable bonds is 14. The van der Waals surface area contributed by atoms with Crippen LogP contribution < -0.4 is 4.74 Å². The third-order valence-electron chi connectivity index (χ3n) is 5.49. The van der Waals surface area contributed by atoms with E-state index in [9.17, 15) is 14.0 Å². The SMILES string of the molecule is CCOCCCN(CC(=O)N(Cc1ccc(F)cc1)Cc1ccc(C)o1)C(=O)COc1ccccc1. The number of carbonyl (C=O) groups excluding carboxylic acids is 2.